The summed E-state index contributed by atoms with van der Waals surface area (Å²) in [5.74, 6) is -0.329. The van der Waals surface area contributed by atoms with Crippen LogP contribution >= 0.6 is 0 Å². The summed E-state index contributed by atoms with van der Waals surface area (Å²) in [6, 6.07) is 13.6. The van der Waals surface area contributed by atoms with Crippen LogP contribution in [0.25, 0.3) is 10.9 Å². The summed E-state index contributed by atoms with van der Waals surface area (Å²) in [7, 11) is 1.40. The quantitative estimate of drug-likeness (QED) is 0.685. The van der Waals surface area contributed by atoms with E-state index in [4.69, 9.17) is 4.74 Å². The number of fused-ring (bicyclic) bond motifs is 1. The second kappa shape index (κ2) is 5.17. The molecule has 0 N–H and O–H groups in total. The number of hydrogen-bond acceptors (Lipinski definition) is 3. The minimum atomic E-state index is -0.329. The monoisotopic (exact) mass is 266 g/mol. The first-order valence-electron chi connectivity index (χ1n) is 6.35. The number of methoxy groups -OCH3 is 1. The van der Waals surface area contributed by atoms with Gasteiger partial charge in [-0.05, 0) is 23.8 Å². The summed E-state index contributed by atoms with van der Waals surface area (Å²) in [6.45, 7) is 0.589. The highest BCUT2D eigenvalue weighted by atomic mass is 16.5. The molecule has 100 valence electrons. The summed E-state index contributed by atoms with van der Waals surface area (Å²) in [5, 5.41) is 1.02. The number of esters is 1. The van der Waals surface area contributed by atoms with Crippen molar-refractivity contribution in [1.82, 2.24) is 9.55 Å². The second-order valence-corrected chi connectivity index (χ2v) is 4.53. The summed E-state index contributed by atoms with van der Waals surface area (Å²) in [6.07, 6.45) is 3.54. The van der Waals surface area contributed by atoms with Gasteiger partial charge in [0.25, 0.3) is 0 Å². The van der Waals surface area contributed by atoms with E-state index in [1.165, 1.54) is 7.11 Å². The highest BCUT2D eigenvalue weighted by Gasteiger charge is 2.15. The Bertz CT molecular complexity index is 748. The maximum atomic E-state index is 11.9. The van der Waals surface area contributed by atoms with E-state index in [0.717, 1.165) is 16.5 Å². The van der Waals surface area contributed by atoms with Crippen LogP contribution in [-0.4, -0.2) is 22.6 Å². The topological polar surface area (TPSA) is 44.1 Å². The molecule has 0 radical (unpaired) electrons. The summed E-state index contributed by atoms with van der Waals surface area (Å²) in [5.41, 5.74) is 2.60. The zero-order chi connectivity index (χ0) is 13.9. The summed E-state index contributed by atoms with van der Waals surface area (Å²) < 4.78 is 6.83. The molecular weight excluding hydrogens is 252 g/mol. The Balaban J connectivity index is 2.13. The van der Waals surface area contributed by atoms with Crippen LogP contribution in [-0.2, 0) is 11.3 Å². The number of rotatable bonds is 3. The molecule has 0 atom stereocenters. The first kappa shape index (κ1) is 12.4. The average Bonchev–Trinajstić information content (AvgIpc) is 2.86. The van der Waals surface area contributed by atoms with Crippen LogP contribution in [0.15, 0.2) is 54.9 Å². The molecule has 0 unspecified atom stereocenters. The molecule has 2 heterocycles. The number of pyridine rings is 1. The van der Waals surface area contributed by atoms with E-state index >= 15 is 0 Å². The molecule has 2 aromatic heterocycles. The van der Waals surface area contributed by atoms with Crippen molar-refractivity contribution in [2.45, 2.75) is 6.54 Å². The standard InChI is InChI=1S/C16H14N2O2/c1-20-16(19)15-9-13-6-2-3-7-14(13)18(15)11-12-5-4-8-17-10-12/h2-10H,11H2,1H3. The van der Waals surface area contributed by atoms with Crippen LogP contribution in [0.1, 0.15) is 16.1 Å². The molecule has 0 saturated heterocycles. The van der Waals surface area contributed by atoms with Crippen LogP contribution in [0.5, 0.6) is 0 Å². The largest absolute Gasteiger partial charge is 0.464 e. The molecule has 0 fully saturated rings. The second-order valence-electron chi connectivity index (χ2n) is 4.53. The zero-order valence-electron chi connectivity index (χ0n) is 11.1. The van der Waals surface area contributed by atoms with Gasteiger partial charge in [-0.25, -0.2) is 4.79 Å². The van der Waals surface area contributed by atoms with E-state index in [9.17, 15) is 4.79 Å². The Kier molecular flexibility index (Phi) is 3.21. The summed E-state index contributed by atoms with van der Waals surface area (Å²) >= 11 is 0. The Morgan fingerprint density at radius 1 is 1.25 bits per heavy atom. The minimum Gasteiger partial charge on any atom is -0.464 e. The van der Waals surface area contributed by atoms with Crippen molar-refractivity contribution in [2.24, 2.45) is 0 Å². The van der Waals surface area contributed by atoms with E-state index in [-0.39, 0.29) is 5.97 Å². The van der Waals surface area contributed by atoms with Crippen LogP contribution in [0.4, 0.5) is 0 Å². The molecule has 0 aliphatic heterocycles. The lowest BCUT2D eigenvalue weighted by molar-refractivity contribution is 0.0589. The van der Waals surface area contributed by atoms with Crippen molar-refractivity contribution < 1.29 is 9.53 Å². The predicted octanol–water partition coefficient (Wildman–Crippen LogP) is 2.87. The SMILES string of the molecule is COC(=O)c1cc2ccccc2n1Cc1cccnc1. The molecule has 1 aromatic carbocycles. The van der Waals surface area contributed by atoms with Gasteiger partial charge < -0.3 is 9.30 Å². The van der Waals surface area contributed by atoms with E-state index in [0.29, 0.717) is 12.2 Å². The molecule has 0 amide bonds. The van der Waals surface area contributed by atoms with Crippen LogP contribution < -0.4 is 0 Å². The Morgan fingerprint density at radius 3 is 2.85 bits per heavy atom. The highest BCUT2D eigenvalue weighted by Crippen LogP contribution is 2.21. The number of ether oxygens (including phenoxy) is 1. The predicted molar refractivity (Wildman–Crippen MR) is 76.6 cm³/mol. The molecule has 3 rings (SSSR count). The van der Waals surface area contributed by atoms with Gasteiger partial charge in [-0.15, -0.1) is 0 Å². The first-order valence-corrected chi connectivity index (χ1v) is 6.35. The van der Waals surface area contributed by atoms with Gasteiger partial charge in [0.15, 0.2) is 0 Å². The third-order valence-corrected chi connectivity index (χ3v) is 3.27. The molecule has 4 heteroatoms. The molecule has 0 aliphatic carbocycles. The highest BCUT2D eigenvalue weighted by molar-refractivity contribution is 5.95. The third-order valence-electron chi connectivity index (χ3n) is 3.27. The van der Waals surface area contributed by atoms with Gasteiger partial charge in [0.05, 0.1) is 7.11 Å². The third kappa shape index (κ3) is 2.16. The number of hydrogen-bond donors (Lipinski definition) is 0. The lowest BCUT2D eigenvalue weighted by Crippen LogP contribution is -2.11. The van der Waals surface area contributed by atoms with Crippen LogP contribution in [0.3, 0.4) is 0 Å². The number of para-hydroxylation sites is 1. The molecule has 0 spiro atoms. The van der Waals surface area contributed by atoms with Gasteiger partial charge in [-0.1, -0.05) is 24.3 Å². The molecular formula is C16H14N2O2. The zero-order valence-corrected chi connectivity index (χ0v) is 11.1. The van der Waals surface area contributed by atoms with E-state index < -0.39 is 0 Å². The fourth-order valence-electron chi connectivity index (χ4n) is 2.33. The number of nitrogens with zero attached hydrogens (tertiary/aromatic N) is 2. The lowest BCUT2D eigenvalue weighted by Gasteiger charge is -2.09. The van der Waals surface area contributed by atoms with Gasteiger partial charge in [-0.3, -0.25) is 4.98 Å². The van der Waals surface area contributed by atoms with E-state index in [2.05, 4.69) is 4.98 Å². The molecule has 4 nitrogen and oxygen atoms in total. The lowest BCUT2D eigenvalue weighted by atomic mass is 10.2. The molecule has 20 heavy (non-hydrogen) atoms. The van der Waals surface area contributed by atoms with Crippen molar-refractivity contribution in [2.75, 3.05) is 7.11 Å². The number of aromatic nitrogens is 2. The summed E-state index contributed by atoms with van der Waals surface area (Å²) in [4.78, 5) is 16.0. The van der Waals surface area contributed by atoms with Gasteiger partial charge in [0.1, 0.15) is 5.69 Å². The van der Waals surface area contributed by atoms with Gasteiger partial charge in [0, 0.05) is 29.8 Å². The van der Waals surface area contributed by atoms with Crippen molar-refractivity contribution in [3.05, 3.63) is 66.1 Å². The molecule has 0 bridgehead atoms. The van der Waals surface area contributed by atoms with Gasteiger partial charge >= 0.3 is 5.97 Å². The van der Waals surface area contributed by atoms with Crippen LogP contribution in [0.2, 0.25) is 0 Å². The minimum absolute atomic E-state index is 0.329. The fraction of sp³-hybridized carbons (Fsp3) is 0.125. The van der Waals surface area contributed by atoms with Crippen molar-refractivity contribution in [3.63, 3.8) is 0 Å². The Hall–Kier alpha value is -2.62. The van der Waals surface area contributed by atoms with Gasteiger partial charge in [0.2, 0.25) is 0 Å². The van der Waals surface area contributed by atoms with Crippen molar-refractivity contribution >= 4 is 16.9 Å². The normalized spacial score (nSPS) is 10.7. The Morgan fingerprint density at radius 2 is 2.10 bits per heavy atom. The first-order chi connectivity index (χ1) is 9.79. The number of carbonyl (C=O) groups is 1. The Labute approximate surface area is 116 Å². The molecule has 0 aliphatic rings. The van der Waals surface area contributed by atoms with Crippen LogP contribution in [0, 0.1) is 0 Å². The molecule has 0 saturated carbocycles. The maximum Gasteiger partial charge on any atom is 0.354 e. The van der Waals surface area contributed by atoms with E-state index in [1.54, 1.807) is 12.4 Å². The van der Waals surface area contributed by atoms with Gasteiger partial charge in [-0.2, -0.15) is 0 Å². The number of carbonyl (C=O) groups excluding carboxylic acids is 1. The van der Waals surface area contributed by atoms with Crippen molar-refractivity contribution in [1.29, 1.82) is 0 Å². The molecule has 3 aromatic rings. The smallest absolute Gasteiger partial charge is 0.354 e. The average molecular weight is 266 g/mol. The number of benzene rings is 1. The fourth-order valence-corrected chi connectivity index (χ4v) is 2.33. The maximum absolute atomic E-state index is 11.9. The van der Waals surface area contributed by atoms with Crippen molar-refractivity contribution in [3.8, 4) is 0 Å². The van der Waals surface area contributed by atoms with E-state index in [1.807, 2.05) is 47.0 Å².